The molecule has 1 aliphatic carbocycles. The molecule has 1 fully saturated rings. The summed E-state index contributed by atoms with van der Waals surface area (Å²) in [6.45, 7) is 1.05. The van der Waals surface area contributed by atoms with E-state index in [1.165, 1.54) is 36.1 Å². The number of nitrogens with one attached hydrogen (secondary N) is 1. The zero-order valence-corrected chi connectivity index (χ0v) is 13.8. The first-order valence-electron chi connectivity index (χ1n) is 7.85. The van der Waals surface area contributed by atoms with Crippen molar-refractivity contribution in [3.63, 3.8) is 0 Å². The van der Waals surface area contributed by atoms with Gasteiger partial charge in [0.1, 0.15) is 0 Å². The molecule has 1 heterocycles. The Morgan fingerprint density at radius 3 is 2.62 bits per heavy atom. The third-order valence-electron chi connectivity index (χ3n) is 4.40. The van der Waals surface area contributed by atoms with E-state index in [9.17, 15) is 0 Å². The Balaban J connectivity index is 1.57. The maximum Gasteiger partial charge on any atom is 0.0931 e. The normalized spacial score (nSPS) is 22.3. The molecule has 0 spiro atoms. The molecular formula is C18H22ClNS. The number of thiophene rings is 1. The van der Waals surface area contributed by atoms with Crippen LogP contribution in [-0.4, -0.2) is 12.6 Å². The van der Waals surface area contributed by atoms with Gasteiger partial charge in [0.05, 0.1) is 4.34 Å². The molecule has 0 saturated heterocycles. The van der Waals surface area contributed by atoms with Crippen LogP contribution in [0.4, 0.5) is 0 Å². The lowest BCUT2D eigenvalue weighted by Crippen LogP contribution is -2.38. The van der Waals surface area contributed by atoms with E-state index in [1.807, 2.05) is 6.07 Å². The number of hydrogen-bond donors (Lipinski definition) is 1. The third-order valence-corrected chi connectivity index (χ3v) is 5.69. The molecule has 1 aliphatic rings. The summed E-state index contributed by atoms with van der Waals surface area (Å²) < 4.78 is 0.893. The fourth-order valence-corrected chi connectivity index (χ4v) is 4.43. The maximum atomic E-state index is 5.99. The van der Waals surface area contributed by atoms with E-state index >= 15 is 0 Å². The van der Waals surface area contributed by atoms with Gasteiger partial charge in [-0.1, -0.05) is 54.8 Å². The molecule has 1 N–H and O–H groups in total. The first-order valence-corrected chi connectivity index (χ1v) is 9.05. The van der Waals surface area contributed by atoms with Crippen LogP contribution in [0.3, 0.4) is 0 Å². The highest BCUT2D eigenvalue weighted by molar-refractivity contribution is 7.16. The summed E-state index contributed by atoms with van der Waals surface area (Å²) in [4.78, 5) is 1.37. The number of benzene rings is 1. The third kappa shape index (κ3) is 4.09. The van der Waals surface area contributed by atoms with Crippen molar-refractivity contribution in [3.05, 3.63) is 57.2 Å². The van der Waals surface area contributed by atoms with Gasteiger partial charge in [0.15, 0.2) is 0 Å². The lowest BCUT2D eigenvalue weighted by molar-refractivity contribution is 0.329. The molecule has 2 unspecified atom stereocenters. The lowest BCUT2D eigenvalue weighted by atomic mass is 9.80. The molecule has 3 heteroatoms. The standard InChI is InChI=1S/C18H22ClNS/c19-18-11-10-15(21-18)12-13-20-17-9-5-4-8-16(17)14-6-2-1-3-7-14/h1-3,6-7,10-11,16-17,20H,4-5,8-9,12-13H2. The molecule has 1 nitrogen and oxygen atoms in total. The molecular weight excluding hydrogens is 298 g/mol. The van der Waals surface area contributed by atoms with Gasteiger partial charge in [-0.2, -0.15) is 0 Å². The second-order valence-corrected chi connectivity index (χ2v) is 7.62. The minimum absolute atomic E-state index is 0.622. The van der Waals surface area contributed by atoms with Crippen LogP contribution in [0.15, 0.2) is 42.5 Å². The molecule has 0 bridgehead atoms. The predicted octanol–water partition coefficient (Wildman–Crippen LogP) is 5.26. The minimum atomic E-state index is 0.622. The van der Waals surface area contributed by atoms with Crippen LogP contribution in [0.1, 0.15) is 42.0 Å². The summed E-state index contributed by atoms with van der Waals surface area (Å²) in [7, 11) is 0. The monoisotopic (exact) mass is 319 g/mol. The van der Waals surface area contributed by atoms with Crippen LogP contribution in [-0.2, 0) is 6.42 Å². The van der Waals surface area contributed by atoms with Gasteiger partial charge in [0.25, 0.3) is 0 Å². The molecule has 21 heavy (non-hydrogen) atoms. The summed E-state index contributed by atoms with van der Waals surface area (Å²) in [5.41, 5.74) is 1.49. The summed E-state index contributed by atoms with van der Waals surface area (Å²) in [6.07, 6.45) is 6.40. The van der Waals surface area contributed by atoms with Crippen molar-refractivity contribution in [1.29, 1.82) is 0 Å². The Morgan fingerprint density at radius 1 is 1.05 bits per heavy atom. The molecule has 0 amide bonds. The number of halogens is 1. The van der Waals surface area contributed by atoms with Gasteiger partial charge < -0.3 is 5.32 Å². The fourth-order valence-electron chi connectivity index (χ4n) is 3.34. The second-order valence-electron chi connectivity index (χ2n) is 5.82. The molecule has 112 valence electrons. The zero-order chi connectivity index (χ0) is 14.5. The fraction of sp³-hybridized carbons (Fsp3) is 0.444. The van der Waals surface area contributed by atoms with Crippen LogP contribution in [0.2, 0.25) is 4.34 Å². The molecule has 1 aromatic heterocycles. The van der Waals surface area contributed by atoms with Crippen LogP contribution in [0.25, 0.3) is 0 Å². The molecule has 1 aromatic carbocycles. The Bertz CT molecular complexity index is 551. The Hall–Kier alpha value is -0.830. The van der Waals surface area contributed by atoms with E-state index in [-0.39, 0.29) is 0 Å². The van der Waals surface area contributed by atoms with Crippen molar-refractivity contribution in [2.75, 3.05) is 6.54 Å². The average Bonchev–Trinajstić information content (AvgIpc) is 2.94. The van der Waals surface area contributed by atoms with E-state index in [4.69, 9.17) is 11.6 Å². The largest absolute Gasteiger partial charge is 0.313 e. The van der Waals surface area contributed by atoms with E-state index in [0.29, 0.717) is 12.0 Å². The van der Waals surface area contributed by atoms with E-state index in [2.05, 4.69) is 41.7 Å². The van der Waals surface area contributed by atoms with Crippen molar-refractivity contribution in [2.24, 2.45) is 0 Å². The maximum absolute atomic E-state index is 5.99. The highest BCUT2D eigenvalue weighted by atomic mass is 35.5. The quantitative estimate of drug-likeness (QED) is 0.792. The van der Waals surface area contributed by atoms with Crippen LogP contribution in [0, 0.1) is 0 Å². The summed E-state index contributed by atoms with van der Waals surface area (Å²) in [5, 5.41) is 3.79. The summed E-state index contributed by atoms with van der Waals surface area (Å²) in [5.74, 6) is 0.673. The van der Waals surface area contributed by atoms with E-state index < -0.39 is 0 Å². The van der Waals surface area contributed by atoms with Crippen LogP contribution in [0.5, 0.6) is 0 Å². The minimum Gasteiger partial charge on any atom is -0.313 e. The SMILES string of the molecule is Clc1ccc(CCNC2CCCCC2c2ccccc2)s1. The molecule has 3 rings (SSSR count). The van der Waals surface area contributed by atoms with Crippen molar-refractivity contribution < 1.29 is 0 Å². The molecule has 2 atom stereocenters. The summed E-state index contributed by atoms with van der Waals surface area (Å²) in [6, 6.07) is 15.8. The van der Waals surface area contributed by atoms with Crippen molar-refractivity contribution in [1.82, 2.24) is 5.32 Å². The van der Waals surface area contributed by atoms with Crippen LogP contribution < -0.4 is 5.32 Å². The van der Waals surface area contributed by atoms with Crippen molar-refractivity contribution in [2.45, 2.75) is 44.1 Å². The van der Waals surface area contributed by atoms with E-state index in [1.54, 1.807) is 11.3 Å². The number of rotatable bonds is 5. The van der Waals surface area contributed by atoms with Gasteiger partial charge in [0, 0.05) is 17.5 Å². The highest BCUT2D eigenvalue weighted by Crippen LogP contribution is 2.33. The molecule has 0 aliphatic heterocycles. The van der Waals surface area contributed by atoms with Gasteiger partial charge in [-0.3, -0.25) is 0 Å². The van der Waals surface area contributed by atoms with Gasteiger partial charge in [0.2, 0.25) is 0 Å². The molecule has 0 radical (unpaired) electrons. The Labute approximate surface area is 136 Å². The summed E-state index contributed by atoms with van der Waals surface area (Å²) >= 11 is 7.69. The van der Waals surface area contributed by atoms with Crippen LogP contribution >= 0.6 is 22.9 Å². The second kappa shape index (κ2) is 7.44. The van der Waals surface area contributed by atoms with Gasteiger partial charge in [-0.05, 0) is 42.9 Å². The van der Waals surface area contributed by atoms with Crippen molar-refractivity contribution >= 4 is 22.9 Å². The first kappa shape index (κ1) is 15.1. The lowest BCUT2D eigenvalue weighted by Gasteiger charge is -2.32. The first-order chi connectivity index (χ1) is 10.3. The predicted molar refractivity (Wildman–Crippen MR) is 92.5 cm³/mol. The smallest absolute Gasteiger partial charge is 0.0931 e. The molecule has 1 saturated carbocycles. The van der Waals surface area contributed by atoms with Gasteiger partial charge in [-0.15, -0.1) is 11.3 Å². The average molecular weight is 320 g/mol. The van der Waals surface area contributed by atoms with Crippen molar-refractivity contribution in [3.8, 4) is 0 Å². The molecule has 2 aromatic rings. The Morgan fingerprint density at radius 2 is 1.86 bits per heavy atom. The Kier molecular flexibility index (Phi) is 5.34. The zero-order valence-electron chi connectivity index (χ0n) is 12.2. The number of hydrogen-bond acceptors (Lipinski definition) is 2. The van der Waals surface area contributed by atoms with E-state index in [0.717, 1.165) is 17.3 Å². The highest BCUT2D eigenvalue weighted by Gasteiger charge is 2.25. The van der Waals surface area contributed by atoms with Gasteiger partial charge >= 0.3 is 0 Å². The van der Waals surface area contributed by atoms with Gasteiger partial charge in [-0.25, -0.2) is 0 Å². The topological polar surface area (TPSA) is 12.0 Å².